The molecule has 0 radical (unpaired) electrons. The lowest BCUT2D eigenvalue weighted by molar-refractivity contribution is 0.101. The van der Waals surface area contributed by atoms with E-state index in [-0.39, 0.29) is 18.1 Å². The van der Waals surface area contributed by atoms with Gasteiger partial charge in [0, 0.05) is 50.4 Å². The van der Waals surface area contributed by atoms with Crippen LogP contribution in [0.1, 0.15) is 34.0 Å². The van der Waals surface area contributed by atoms with E-state index in [0.29, 0.717) is 27.1 Å². The van der Waals surface area contributed by atoms with Gasteiger partial charge in [-0.05, 0) is 62.4 Å². The molecule has 0 bridgehead atoms. The summed E-state index contributed by atoms with van der Waals surface area (Å²) in [6, 6.07) is 14.7. The van der Waals surface area contributed by atoms with Crippen molar-refractivity contribution in [3.8, 4) is 17.2 Å². The number of ether oxygens (including phenoxy) is 3. The molecule has 35 heavy (non-hydrogen) atoms. The van der Waals surface area contributed by atoms with Crippen molar-refractivity contribution >= 4 is 46.0 Å². The number of benzene rings is 3. The Kier molecular flexibility index (Phi) is 6.22. The second-order valence-corrected chi connectivity index (χ2v) is 9.13. The second kappa shape index (κ2) is 9.33. The zero-order chi connectivity index (χ0) is 24.7. The van der Waals surface area contributed by atoms with E-state index in [1.165, 1.54) is 0 Å². The largest absolute Gasteiger partial charge is 0.497 e. The maximum absolute atomic E-state index is 13.2. The minimum absolute atomic E-state index is 0.157. The summed E-state index contributed by atoms with van der Waals surface area (Å²) in [5, 5.41) is 2.10. The van der Waals surface area contributed by atoms with Crippen LogP contribution in [0.3, 0.4) is 0 Å². The summed E-state index contributed by atoms with van der Waals surface area (Å²) in [4.78, 5) is 13.2. The highest BCUT2D eigenvalue weighted by Gasteiger charge is 2.30. The van der Waals surface area contributed by atoms with Crippen molar-refractivity contribution in [3.05, 3.63) is 92.8 Å². The molecule has 0 amide bonds. The lowest BCUT2D eigenvalue weighted by Gasteiger charge is -2.12. The molecule has 3 aromatic carbocycles. The van der Waals surface area contributed by atoms with Gasteiger partial charge in [-0.2, -0.15) is 0 Å². The van der Waals surface area contributed by atoms with Crippen LogP contribution in [0.4, 0.5) is 0 Å². The van der Waals surface area contributed by atoms with Crippen LogP contribution in [0.2, 0.25) is 10.0 Å². The van der Waals surface area contributed by atoms with Crippen LogP contribution in [-0.4, -0.2) is 17.5 Å². The molecule has 0 spiro atoms. The first kappa shape index (κ1) is 23.3. The van der Waals surface area contributed by atoms with Gasteiger partial charge in [-0.15, -0.1) is 0 Å². The monoisotopic (exact) mass is 507 g/mol. The Labute approximate surface area is 213 Å². The van der Waals surface area contributed by atoms with Crippen LogP contribution in [0.25, 0.3) is 17.0 Å². The standard InChI is InChI=1S/C28H23Cl2NO4/c1-4-31-14-18(22-13-20(33-3)7-9-24(22)31)11-26-27(32)21-8-10-25(16(2)28(21)35-26)34-15-17-5-6-19(29)12-23(17)30/h5-14H,4,15H2,1-3H3/b26-11-. The lowest BCUT2D eigenvalue weighted by atomic mass is 10.1. The number of ketones is 1. The predicted octanol–water partition coefficient (Wildman–Crippen LogP) is 7.48. The van der Waals surface area contributed by atoms with Crippen molar-refractivity contribution < 1.29 is 19.0 Å². The molecule has 1 aromatic heterocycles. The summed E-state index contributed by atoms with van der Waals surface area (Å²) in [5.41, 5.74) is 4.04. The summed E-state index contributed by atoms with van der Waals surface area (Å²) >= 11 is 12.2. The Morgan fingerprint density at radius 2 is 1.91 bits per heavy atom. The molecule has 0 unspecified atom stereocenters. The van der Waals surface area contributed by atoms with Gasteiger partial charge in [0.05, 0.1) is 12.7 Å². The van der Waals surface area contributed by atoms with Crippen molar-refractivity contribution in [3.63, 3.8) is 0 Å². The third kappa shape index (κ3) is 4.26. The molecule has 0 N–H and O–H groups in total. The average molecular weight is 508 g/mol. The Hall–Kier alpha value is -3.41. The molecular weight excluding hydrogens is 485 g/mol. The molecule has 178 valence electrons. The Balaban J connectivity index is 1.45. The Morgan fingerprint density at radius 3 is 2.66 bits per heavy atom. The van der Waals surface area contributed by atoms with E-state index in [1.54, 1.807) is 37.5 Å². The van der Waals surface area contributed by atoms with E-state index in [1.807, 2.05) is 37.4 Å². The third-order valence-electron chi connectivity index (χ3n) is 6.18. The van der Waals surface area contributed by atoms with E-state index < -0.39 is 0 Å². The highest BCUT2D eigenvalue weighted by molar-refractivity contribution is 6.35. The van der Waals surface area contributed by atoms with Crippen molar-refractivity contribution in [2.45, 2.75) is 27.0 Å². The Bertz CT molecular complexity index is 1500. The first-order valence-corrected chi connectivity index (χ1v) is 12.0. The maximum Gasteiger partial charge on any atom is 0.231 e. The van der Waals surface area contributed by atoms with Gasteiger partial charge in [0.25, 0.3) is 0 Å². The fourth-order valence-electron chi connectivity index (χ4n) is 4.27. The normalized spacial score (nSPS) is 13.9. The molecule has 2 heterocycles. The first-order chi connectivity index (χ1) is 16.9. The van der Waals surface area contributed by atoms with Crippen molar-refractivity contribution in [2.24, 2.45) is 0 Å². The summed E-state index contributed by atoms with van der Waals surface area (Å²) < 4.78 is 19.6. The van der Waals surface area contributed by atoms with Crippen molar-refractivity contribution in [2.75, 3.05) is 7.11 Å². The number of aryl methyl sites for hydroxylation is 1. The highest BCUT2D eigenvalue weighted by Crippen LogP contribution is 2.40. The van der Waals surface area contributed by atoms with Crippen LogP contribution in [0.15, 0.2) is 60.5 Å². The minimum atomic E-state index is -0.157. The molecule has 5 nitrogen and oxygen atoms in total. The van der Waals surface area contributed by atoms with E-state index >= 15 is 0 Å². The number of hydrogen-bond donors (Lipinski definition) is 0. The summed E-state index contributed by atoms with van der Waals surface area (Å²) in [5.74, 6) is 2.01. The van der Waals surface area contributed by atoms with Gasteiger partial charge in [0.15, 0.2) is 5.76 Å². The van der Waals surface area contributed by atoms with E-state index in [4.69, 9.17) is 37.4 Å². The van der Waals surface area contributed by atoms with Crippen LogP contribution in [-0.2, 0) is 13.2 Å². The molecule has 5 rings (SSSR count). The van der Waals surface area contributed by atoms with Gasteiger partial charge < -0.3 is 18.8 Å². The number of Topliss-reactive ketones (excluding diaryl/α,β-unsaturated/α-hetero) is 1. The number of carbonyl (C=O) groups is 1. The Morgan fingerprint density at radius 1 is 1.09 bits per heavy atom. The second-order valence-electron chi connectivity index (χ2n) is 8.28. The topological polar surface area (TPSA) is 49.7 Å². The highest BCUT2D eigenvalue weighted by atomic mass is 35.5. The summed E-state index contributed by atoms with van der Waals surface area (Å²) in [6.45, 7) is 5.03. The number of nitrogens with zero attached hydrogens (tertiary/aromatic N) is 1. The van der Waals surface area contributed by atoms with Crippen LogP contribution in [0.5, 0.6) is 17.2 Å². The molecule has 1 aliphatic rings. The van der Waals surface area contributed by atoms with E-state index in [2.05, 4.69) is 11.5 Å². The number of aromatic nitrogens is 1. The van der Waals surface area contributed by atoms with E-state index in [9.17, 15) is 4.79 Å². The SMILES string of the molecule is CCn1cc(/C=C2\Oc3c(ccc(OCc4ccc(Cl)cc4Cl)c3C)C2=O)c2cc(OC)ccc21. The quantitative estimate of drug-likeness (QED) is 0.254. The molecule has 0 saturated heterocycles. The number of rotatable bonds is 6. The molecule has 0 atom stereocenters. The predicted molar refractivity (Wildman–Crippen MR) is 139 cm³/mol. The van der Waals surface area contributed by atoms with Crippen LogP contribution in [0, 0.1) is 6.92 Å². The van der Waals surface area contributed by atoms with Crippen LogP contribution < -0.4 is 14.2 Å². The fourth-order valence-corrected chi connectivity index (χ4v) is 4.73. The first-order valence-electron chi connectivity index (χ1n) is 11.2. The number of allylic oxidation sites excluding steroid dienone is 1. The molecule has 7 heteroatoms. The lowest BCUT2D eigenvalue weighted by Crippen LogP contribution is -1.99. The van der Waals surface area contributed by atoms with Gasteiger partial charge in [0.2, 0.25) is 5.78 Å². The van der Waals surface area contributed by atoms with Gasteiger partial charge >= 0.3 is 0 Å². The maximum atomic E-state index is 13.2. The number of carbonyl (C=O) groups excluding carboxylic acids is 1. The van der Waals surface area contributed by atoms with Gasteiger partial charge in [0.1, 0.15) is 23.9 Å². The fraction of sp³-hybridized carbons (Fsp3) is 0.179. The molecule has 1 aliphatic heterocycles. The average Bonchev–Trinajstić information content (AvgIpc) is 3.37. The minimum Gasteiger partial charge on any atom is -0.497 e. The van der Waals surface area contributed by atoms with Gasteiger partial charge in [-0.3, -0.25) is 4.79 Å². The molecular formula is C28H23Cl2NO4. The molecule has 0 fully saturated rings. The molecule has 0 aliphatic carbocycles. The zero-order valence-electron chi connectivity index (χ0n) is 19.5. The zero-order valence-corrected chi connectivity index (χ0v) is 21.0. The number of halogens is 2. The van der Waals surface area contributed by atoms with E-state index in [0.717, 1.165) is 39.9 Å². The summed E-state index contributed by atoms with van der Waals surface area (Å²) in [6.07, 6.45) is 3.82. The van der Waals surface area contributed by atoms with Gasteiger partial charge in [-0.25, -0.2) is 0 Å². The van der Waals surface area contributed by atoms with Crippen molar-refractivity contribution in [1.29, 1.82) is 0 Å². The smallest absolute Gasteiger partial charge is 0.231 e. The number of hydrogen-bond acceptors (Lipinski definition) is 4. The van der Waals surface area contributed by atoms with Crippen molar-refractivity contribution in [1.82, 2.24) is 4.57 Å². The third-order valence-corrected chi connectivity index (χ3v) is 6.77. The molecule has 0 saturated carbocycles. The van der Waals surface area contributed by atoms with Crippen LogP contribution >= 0.6 is 23.2 Å². The van der Waals surface area contributed by atoms with Gasteiger partial charge in [-0.1, -0.05) is 29.3 Å². The number of fused-ring (bicyclic) bond motifs is 2. The number of methoxy groups -OCH3 is 1. The summed E-state index contributed by atoms with van der Waals surface area (Å²) in [7, 11) is 1.64. The molecule has 4 aromatic rings.